The molecule has 0 amide bonds. The molecule has 1 heterocycles. The number of hydrogen-bond donors (Lipinski definition) is 1. The van der Waals surface area contributed by atoms with Gasteiger partial charge in [-0.15, -0.1) is 0 Å². The zero-order valence-electron chi connectivity index (χ0n) is 11.0. The summed E-state index contributed by atoms with van der Waals surface area (Å²) < 4.78 is 12.7. The first kappa shape index (κ1) is 14.6. The van der Waals surface area contributed by atoms with Gasteiger partial charge in [-0.1, -0.05) is 0 Å². The van der Waals surface area contributed by atoms with Crippen LogP contribution in [-0.2, 0) is 17.8 Å². The van der Waals surface area contributed by atoms with Crippen LogP contribution in [0.2, 0.25) is 0 Å². The second kappa shape index (κ2) is 5.94. The molecule has 18 heavy (non-hydrogen) atoms. The molecule has 102 valence electrons. The van der Waals surface area contributed by atoms with Gasteiger partial charge in [0.15, 0.2) is 0 Å². The molecule has 0 aliphatic carbocycles. The van der Waals surface area contributed by atoms with Crippen molar-refractivity contribution in [3.05, 3.63) is 15.9 Å². The van der Waals surface area contributed by atoms with Crippen molar-refractivity contribution in [3.8, 4) is 0 Å². The van der Waals surface area contributed by atoms with Crippen molar-refractivity contribution in [3.63, 3.8) is 0 Å². The molecule has 1 aromatic heterocycles. The van der Waals surface area contributed by atoms with Gasteiger partial charge in [-0.25, -0.2) is 0 Å². The highest BCUT2D eigenvalue weighted by molar-refractivity contribution is 7.84. The molecule has 0 saturated carbocycles. The Hall–Kier alpha value is -1.44. The van der Waals surface area contributed by atoms with Crippen molar-refractivity contribution >= 4 is 22.4 Å². The number of nitro groups is 1. The largest absolute Gasteiger partial charge is 0.406 e. The second-order valence-electron chi connectivity index (χ2n) is 4.26. The van der Waals surface area contributed by atoms with Crippen LogP contribution < -0.4 is 5.32 Å². The molecule has 0 aromatic carbocycles. The third-order valence-corrected chi connectivity index (χ3v) is 3.51. The minimum absolute atomic E-state index is 0.00222. The molecule has 2 unspecified atom stereocenters. The van der Waals surface area contributed by atoms with Crippen LogP contribution in [0.1, 0.15) is 19.2 Å². The summed E-state index contributed by atoms with van der Waals surface area (Å²) in [6.07, 6.45) is 2.33. The molecule has 0 spiro atoms. The van der Waals surface area contributed by atoms with Crippen molar-refractivity contribution in [2.24, 2.45) is 7.05 Å². The summed E-state index contributed by atoms with van der Waals surface area (Å²) in [5.41, 5.74) is 0. The van der Waals surface area contributed by atoms with Crippen LogP contribution in [-0.4, -0.2) is 36.7 Å². The highest BCUT2D eigenvalue weighted by atomic mass is 32.2. The molecule has 0 aliphatic heterocycles. The second-order valence-corrected chi connectivity index (χ2v) is 5.81. The van der Waals surface area contributed by atoms with Gasteiger partial charge in [-0.3, -0.25) is 8.78 Å². The first-order valence-electron chi connectivity index (χ1n) is 5.57. The van der Waals surface area contributed by atoms with E-state index in [0.29, 0.717) is 23.8 Å². The Morgan fingerprint density at radius 1 is 1.61 bits per heavy atom. The molecule has 2 atom stereocenters. The lowest BCUT2D eigenvalue weighted by atomic mass is 10.2. The Labute approximate surface area is 108 Å². The average molecular weight is 274 g/mol. The van der Waals surface area contributed by atoms with Crippen LogP contribution in [0.25, 0.3) is 0 Å². The predicted octanol–water partition coefficient (Wildman–Crippen LogP) is 1.21. The maximum Gasteiger partial charge on any atom is 0.406 e. The van der Waals surface area contributed by atoms with Crippen LogP contribution in [0.4, 0.5) is 11.6 Å². The van der Waals surface area contributed by atoms with Gasteiger partial charge in [-0.05, 0) is 23.3 Å². The van der Waals surface area contributed by atoms with Gasteiger partial charge in [0.05, 0.1) is 0 Å². The van der Waals surface area contributed by atoms with E-state index in [0.717, 1.165) is 0 Å². The van der Waals surface area contributed by atoms with Crippen molar-refractivity contribution in [2.75, 3.05) is 17.3 Å². The van der Waals surface area contributed by atoms with Crippen LogP contribution in [0.15, 0.2) is 0 Å². The zero-order chi connectivity index (χ0) is 13.9. The molecule has 0 radical (unpaired) electrons. The zero-order valence-corrected chi connectivity index (χ0v) is 11.8. The van der Waals surface area contributed by atoms with E-state index in [1.54, 1.807) is 24.8 Å². The van der Waals surface area contributed by atoms with Gasteiger partial charge in [-0.2, -0.15) is 0 Å². The number of aryl methyl sites for hydroxylation is 1. The molecule has 1 N–H and O–H groups in total. The standard InChI is InChI=1S/C10H18N4O3S/c1-7(5-6-18(4)17)11-9-10(14(15)16)12-8(2)13(9)3/h7,11H,5-6H2,1-4H3. The van der Waals surface area contributed by atoms with Crippen molar-refractivity contribution in [1.82, 2.24) is 9.55 Å². The average Bonchev–Trinajstić information content (AvgIpc) is 2.54. The van der Waals surface area contributed by atoms with Gasteiger partial charge in [0, 0.05) is 42.8 Å². The number of aromatic nitrogens is 2. The minimum Gasteiger partial charge on any atom is -0.362 e. The minimum atomic E-state index is -0.855. The normalized spacial score (nSPS) is 14.2. The van der Waals surface area contributed by atoms with Crippen LogP contribution in [0.5, 0.6) is 0 Å². The molecule has 0 aliphatic rings. The van der Waals surface area contributed by atoms with Crippen molar-refractivity contribution < 1.29 is 9.13 Å². The third kappa shape index (κ3) is 3.52. The summed E-state index contributed by atoms with van der Waals surface area (Å²) in [5, 5.41) is 13.9. The van der Waals surface area contributed by atoms with Gasteiger partial charge < -0.3 is 15.4 Å². The fraction of sp³-hybridized carbons (Fsp3) is 0.700. The fourth-order valence-corrected chi connectivity index (χ4v) is 2.22. The van der Waals surface area contributed by atoms with E-state index in [-0.39, 0.29) is 11.9 Å². The molecular weight excluding hydrogens is 256 g/mol. The fourth-order valence-electron chi connectivity index (χ4n) is 1.53. The molecule has 0 saturated heterocycles. The van der Waals surface area contributed by atoms with E-state index in [9.17, 15) is 14.3 Å². The summed E-state index contributed by atoms with van der Waals surface area (Å²) in [6.45, 7) is 3.61. The molecule has 8 heteroatoms. The number of nitrogens with zero attached hydrogens (tertiary/aromatic N) is 3. The monoisotopic (exact) mass is 274 g/mol. The SMILES string of the molecule is Cc1nc([N+](=O)[O-])c(NC(C)CCS(C)=O)n1C. The maximum atomic E-state index is 11.0. The first-order valence-corrected chi connectivity index (χ1v) is 7.30. The Kier molecular flexibility index (Phi) is 4.83. The lowest BCUT2D eigenvalue weighted by molar-refractivity contribution is -0.388. The van der Waals surface area contributed by atoms with Gasteiger partial charge in [0.1, 0.15) is 0 Å². The highest BCUT2D eigenvalue weighted by Gasteiger charge is 2.24. The van der Waals surface area contributed by atoms with E-state index < -0.39 is 15.7 Å². The topological polar surface area (TPSA) is 90.1 Å². The number of rotatable bonds is 6. The van der Waals surface area contributed by atoms with Gasteiger partial charge >= 0.3 is 5.82 Å². The number of anilines is 1. The lowest BCUT2D eigenvalue weighted by Gasteiger charge is -2.14. The number of nitrogens with one attached hydrogen (secondary N) is 1. The summed E-state index contributed by atoms with van der Waals surface area (Å²) in [6, 6.07) is 0.00222. The lowest BCUT2D eigenvalue weighted by Crippen LogP contribution is -2.20. The molecule has 1 rings (SSSR count). The smallest absolute Gasteiger partial charge is 0.362 e. The summed E-state index contributed by atoms with van der Waals surface area (Å²) >= 11 is 0. The summed E-state index contributed by atoms with van der Waals surface area (Å²) in [7, 11) is 0.870. The van der Waals surface area contributed by atoms with Gasteiger partial charge in [0.25, 0.3) is 0 Å². The number of imidazole rings is 1. The van der Waals surface area contributed by atoms with Gasteiger partial charge in [0.2, 0.25) is 11.6 Å². The molecule has 7 nitrogen and oxygen atoms in total. The summed E-state index contributed by atoms with van der Waals surface area (Å²) in [4.78, 5) is 14.3. The Bertz CT molecular complexity index is 472. The molecular formula is C10H18N4O3S. The maximum absolute atomic E-state index is 11.0. The van der Waals surface area contributed by atoms with E-state index >= 15 is 0 Å². The van der Waals surface area contributed by atoms with Crippen molar-refractivity contribution in [1.29, 1.82) is 0 Å². The summed E-state index contributed by atoms with van der Waals surface area (Å²) in [5.74, 6) is 1.38. The first-order chi connectivity index (χ1) is 8.32. The third-order valence-electron chi connectivity index (χ3n) is 2.69. The Balaban J connectivity index is 2.83. The quantitative estimate of drug-likeness (QED) is 0.622. The van der Waals surface area contributed by atoms with Crippen LogP contribution in [0.3, 0.4) is 0 Å². The highest BCUT2D eigenvalue weighted by Crippen LogP contribution is 2.24. The molecule has 1 aromatic rings. The van der Waals surface area contributed by atoms with E-state index in [1.165, 1.54) is 0 Å². The van der Waals surface area contributed by atoms with Crippen molar-refractivity contribution in [2.45, 2.75) is 26.3 Å². The van der Waals surface area contributed by atoms with E-state index in [2.05, 4.69) is 10.3 Å². The predicted molar refractivity (Wildman–Crippen MR) is 71.2 cm³/mol. The number of hydrogen-bond acceptors (Lipinski definition) is 5. The molecule has 0 bridgehead atoms. The molecule has 0 fully saturated rings. The van der Waals surface area contributed by atoms with Crippen LogP contribution in [0, 0.1) is 17.0 Å². The Morgan fingerprint density at radius 2 is 2.22 bits per heavy atom. The van der Waals surface area contributed by atoms with E-state index in [1.807, 2.05) is 6.92 Å². The van der Waals surface area contributed by atoms with E-state index in [4.69, 9.17) is 0 Å². The van der Waals surface area contributed by atoms with Crippen LogP contribution >= 0.6 is 0 Å². The Morgan fingerprint density at radius 3 is 2.72 bits per heavy atom.